The number of pyridine rings is 1. The second kappa shape index (κ2) is 7.83. The molecule has 3 heterocycles. The van der Waals surface area contributed by atoms with Crippen molar-refractivity contribution in [2.45, 2.75) is 16.8 Å². The molecule has 0 spiro atoms. The van der Waals surface area contributed by atoms with E-state index in [9.17, 15) is 0 Å². The van der Waals surface area contributed by atoms with Gasteiger partial charge in [0.15, 0.2) is 22.3 Å². The molecular formula is C19H16N6OS2. The van der Waals surface area contributed by atoms with E-state index in [-0.39, 0.29) is 5.11 Å². The van der Waals surface area contributed by atoms with Crippen molar-refractivity contribution >= 4 is 40.6 Å². The van der Waals surface area contributed by atoms with Crippen LogP contribution in [0.2, 0.25) is 0 Å². The summed E-state index contributed by atoms with van der Waals surface area (Å²) < 4.78 is 7.78. The van der Waals surface area contributed by atoms with Crippen molar-refractivity contribution < 1.29 is 4.74 Å². The third-order valence-corrected chi connectivity index (χ3v) is 4.78. The van der Waals surface area contributed by atoms with E-state index in [0.717, 1.165) is 21.3 Å². The molecule has 3 N–H and O–H groups in total. The van der Waals surface area contributed by atoms with Crippen LogP contribution < -0.4 is 15.8 Å². The fourth-order valence-electron chi connectivity index (χ4n) is 2.58. The summed E-state index contributed by atoms with van der Waals surface area (Å²) in [6, 6.07) is 15.2. The largest absolute Gasteiger partial charge is 0.453 e. The summed E-state index contributed by atoms with van der Waals surface area (Å²) in [7, 11) is 0. The predicted molar refractivity (Wildman–Crippen MR) is 113 cm³/mol. The molecule has 4 aromatic rings. The van der Waals surface area contributed by atoms with Gasteiger partial charge < -0.3 is 15.8 Å². The Morgan fingerprint density at radius 1 is 1.21 bits per heavy atom. The molecule has 1 aromatic carbocycles. The highest BCUT2D eigenvalue weighted by Crippen LogP contribution is 2.35. The topological polar surface area (TPSA) is 90.4 Å². The normalized spacial score (nSPS) is 10.8. The van der Waals surface area contributed by atoms with E-state index in [4.69, 9.17) is 22.7 Å². The maximum absolute atomic E-state index is 6.00. The number of aromatic nitrogens is 4. The molecule has 0 atom stereocenters. The Hall–Kier alpha value is -3.17. The van der Waals surface area contributed by atoms with Gasteiger partial charge in [-0.1, -0.05) is 30.0 Å². The van der Waals surface area contributed by atoms with E-state index < -0.39 is 0 Å². The molecule has 0 fully saturated rings. The molecule has 0 radical (unpaired) electrons. The molecule has 0 saturated heterocycles. The van der Waals surface area contributed by atoms with Crippen LogP contribution in [0.15, 0.2) is 70.8 Å². The lowest BCUT2D eigenvalue weighted by Crippen LogP contribution is -2.20. The molecule has 0 aliphatic rings. The first-order valence-electron chi connectivity index (χ1n) is 8.37. The van der Waals surface area contributed by atoms with Crippen LogP contribution in [0.25, 0.3) is 5.65 Å². The van der Waals surface area contributed by atoms with Crippen molar-refractivity contribution in [3.8, 4) is 11.5 Å². The zero-order valence-electron chi connectivity index (χ0n) is 14.9. The van der Waals surface area contributed by atoms with E-state index in [1.165, 1.54) is 11.8 Å². The van der Waals surface area contributed by atoms with Crippen LogP contribution in [-0.4, -0.2) is 24.7 Å². The number of ether oxygens (including phenoxy) is 1. The van der Waals surface area contributed by atoms with Gasteiger partial charge in [-0.3, -0.25) is 0 Å². The molecule has 0 aliphatic heterocycles. The number of fused-ring (bicyclic) bond motifs is 1. The third kappa shape index (κ3) is 4.05. The Labute approximate surface area is 171 Å². The van der Waals surface area contributed by atoms with Crippen molar-refractivity contribution in [1.82, 2.24) is 19.6 Å². The third-order valence-electron chi connectivity index (χ3n) is 3.72. The Kier molecular flexibility index (Phi) is 5.09. The lowest BCUT2D eigenvalue weighted by atomic mass is 10.3. The number of hydrogen-bond donors (Lipinski definition) is 2. The minimum Gasteiger partial charge on any atom is -0.453 e. The Balaban J connectivity index is 1.70. The Morgan fingerprint density at radius 2 is 2.04 bits per heavy atom. The smallest absolute Gasteiger partial charge is 0.175 e. The summed E-state index contributed by atoms with van der Waals surface area (Å²) in [5.74, 6) is 1.66. The van der Waals surface area contributed by atoms with Crippen molar-refractivity contribution in [2.24, 2.45) is 5.73 Å². The molecular weight excluding hydrogens is 392 g/mol. The molecule has 28 heavy (non-hydrogen) atoms. The minimum atomic E-state index is 0.119. The van der Waals surface area contributed by atoms with Gasteiger partial charge in [0.1, 0.15) is 10.8 Å². The maximum Gasteiger partial charge on any atom is 0.175 e. The second-order valence-corrected chi connectivity index (χ2v) is 7.39. The second-order valence-electron chi connectivity index (χ2n) is 5.86. The highest BCUT2D eigenvalue weighted by atomic mass is 32.2. The van der Waals surface area contributed by atoms with Crippen LogP contribution in [0, 0.1) is 6.92 Å². The summed E-state index contributed by atoms with van der Waals surface area (Å²) in [4.78, 5) is 9.77. The molecule has 0 amide bonds. The number of benzene rings is 1. The summed E-state index contributed by atoms with van der Waals surface area (Å²) >= 11 is 6.46. The van der Waals surface area contributed by atoms with Gasteiger partial charge in [0.25, 0.3) is 0 Å². The molecule has 140 valence electrons. The van der Waals surface area contributed by atoms with Crippen LogP contribution in [0.5, 0.6) is 11.5 Å². The van der Waals surface area contributed by atoms with Gasteiger partial charge in [0, 0.05) is 28.9 Å². The Bertz CT molecular complexity index is 1150. The number of anilines is 1. The van der Waals surface area contributed by atoms with Gasteiger partial charge in [-0.2, -0.15) is 5.10 Å². The molecule has 0 saturated carbocycles. The highest BCUT2D eigenvalue weighted by molar-refractivity contribution is 7.99. The molecule has 4 rings (SSSR count). The van der Waals surface area contributed by atoms with Gasteiger partial charge in [-0.15, -0.1) is 0 Å². The van der Waals surface area contributed by atoms with E-state index in [1.54, 1.807) is 16.9 Å². The molecule has 0 bridgehead atoms. The summed E-state index contributed by atoms with van der Waals surface area (Å²) in [6.07, 6.45) is 3.46. The van der Waals surface area contributed by atoms with E-state index in [2.05, 4.69) is 20.4 Å². The number of rotatable bonds is 5. The minimum absolute atomic E-state index is 0.119. The van der Waals surface area contributed by atoms with Crippen LogP contribution in [0.1, 0.15) is 5.69 Å². The fourth-order valence-corrected chi connectivity index (χ4v) is 3.65. The molecule has 3 aromatic heterocycles. The predicted octanol–water partition coefficient (Wildman–Crippen LogP) is 4.03. The van der Waals surface area contributed by atoms with Crippen LogP contribution in [0.3, 0.4) is 0 Å². The first kappa shape index (κ1) is 18.2. The SMILES string of the molecule is Cc1cc(Sc2cnc(NC(N)=S)c(Oc3ccccc3)c2)n2nccc2n1. The van der Waals surface area contributed by atoms with Crippen molar-refractivity contribution in [3.05, 3.63) is 66.6 Å². The monoisotopic (exact) mass is 408 g/mol. The maximum atomic E-state index is 6.00. The first-order valence-corrected chi connectivity index (χ1v) is 9.59. The fraction of sp³-hybridized carbons (Fsp3) is 0.0526. The summed E-state index contributed by atoms with van der Waals surface area (Å²) in [5, 5.41) is 8.24. The lowest BCUT2D eigenvalue weighted by molar-refractivity contribution is 0.481. The summed E-state index contributed by atoms with van der Waals surface area (Å²) in [5.41, 5.74) is 7.32. The number of hydrogen-bond acceptors (Lipinski definition) is 6. The molecule has 9 heteroatoms. The number of para-hydroxylation sites is 1. The Morgan fingerprint density at radius 3 is 2.82 bits per heavy atom. The average molecular weight is 409 g/mol. The van der Waals surface area contributed by atoms with Crippen molar-refractivity contribution in [2.75, 3.05) is 5.32 Å². The zero-order valence-corrected chi connectivity index (χ0v) is 16.5. The van der Waals surface area contributed by atoms with Gasteiger partial charge in [0.05, 0.1) is 6.20 Å². The van der Waals surface area contributed by atoms with Crippen molar-refractivity contribution in [1.29, 1.82) is 0 Å². The first-order chi connectivity index (χ1) is 13.6. The number of nitrogens with two attached hydrogens (primary N) is 1. The molecule has 0 aliphatic carbocycles. The number of nitrogens with one attached hydrogen (secondary N) is 1. The quantitative estimate of drug-likeness (QED) is 0.378. The average Bonchev–Trinajstić information content (AvgIpc) is 3.13. The number of aryl methyl sites for hydroxylation is 1. The van der Waals surface area contributed by atoms with Gasteiger partial charge >= 0.3 is 0 Å². The van der Waals surface area contributed by atoms with Crippen LogP contribution in [-0.2, 0) is 0 Å². The standard InChI is InChI=1S/C19H16N6OS2/c1-12-9-17(25-16(23-12)7-8-22-25)28-14-10-15(18(21-11-14)24-19(20)27)26-13-5-3-2-4-6-13/h2-11H,1H3,(H3,20,21,24,27). The number of thiocarbonyl (C=S) groups is 1. The van der Waals surface area contributed by atoms with E-state index in [0.29, 0.717) is 17.3 Å². The zero-order chi connectivity index (χ0) is 19.5. The highest BCUT2D eigenvalue weighted by Gasteiger charge is 2.12. The van der Waals surface area contributed by atoms with E-state index >= 15 is 0 Å². The summed E-state index contributed by atoms with van der Waals surface area (Å²) in [6.45, 7) is 1.95. The van der Waals surface area contributed by atoms with Gasteiger partial charge in [-0.05, 0) is 37.3 Å². The van der Waals surface area contributed by atoms with E-state index in [1.807, 2.05) is 55.5 Å². The van der Waals surface area contributed by atoms with Crippen LogP contribution >= 0.6 is 24.0 Å². The van der Waals surface area contributed by atoms with Crippen LogP contribution in [0.4, 0.5) is 5.82 Å². The van der Waals surface area contributed by atoms with Gasteiger partial charge in [0.2, 0.25) is 0 Å². The van der Waals surface area contributed by atoms with Gasteiger partial charge in [-0.25, -0.2) is 14.5 Å². The molecule has 7 nitrogen and oxygen atoms in total. The number of nitrogens with zero attached hydrogens (tertiary/aromatic N) is 4. The lowest BCUT2D eigenvalue weighted by Gasteiger charge is -2.13. The van der Waals surface area contributed by atoms with Crippen molar-refractivity contribution in [3.63, 3.8) is 0 Å². The molecule has 0 unspecified atom stereocenters.